The largest absolute Gasteiger partial charge is 0.380 e. The van der Waals surface area contributed by atoms with Crippen molar-refractivity contribution in [2.45, 2.75) is 17.9 Å². The quantitative estimate of drug-likeness (QED) is 0.301. The van der Waals surface area contributed by atoms with Crippen LogP contribution in [0.25, 0.3) is 10.9 Å². The highest BCUT2D eigenvalue weighted by Gasteiger charge is 2.22. The molecule has 168 valence electrons. The van der Waals surface area contributed by atoms with Crippen molar-refractivity contribution in [2.24, 2.45) is 0 Å². The van der Waals surface area contributed by atoms with E-state index in [1.807, 2.05) is 67.8 Å². The van der Waals surface area contributed by atoms with E-state index in [1.54, 1.807) is 6.20 Å². The molecule has 5 rings (SSSR count). The number of hydrogen-bond donors (Lipinski definition) is 2. The predicted octanol–water partition coefficient (Wildman–Crippen LogP) is 5.28. The number of likely N-dealkylation sites (tertiary alicyclic amines) is 1. The van der Waals surface area contributed by atoms with Gasteiger partial charge in [-0.3, -0.25) is 14.8 Å². The molecule has 0 aliphatic carbocycles. The highest BCUT2D eigenvalue weighted by molar-refractivity contribution is 8.00. The van der Waals surface area contributed by atoms with Crippen molar-refractivity contribution in [3.05, 3.63) is 90.4 Å². The van der Waals surface area contributed by atoms with Crippen molar-refractivity contribution < 1.29 is 4.79 Å². The summed E-state index contributed by atoms with van der Waals surface area (Å²) in [6, 6.07) is 20.3. The van der Waals surface area contributed by atoms with Gasteiger partial charge in [-0.2, -0.15) is 0 Å². The predicted molar refractivity (Wildman–Crippen MR) is 137 cm³/mol. The number of aldehydes is 1. The Morgan fingerprint density at radius 1 is 1.03 bits per heavy atom. The molecule has 0 bridgehead atoms. The standard InChI is InChI=1S/C17H14N2OS.C9H13N3/c1-12-10-13(11-20)7-8-15(12)19-21-16-6-2-4-14-5-3-9-18-17(14)16;1-12-6-9(7-12)11-8-2-4-10-5-3-8/h2-11,19H,1H3;2-5,9H,6-7H2,1H3,(H,10,11). The smallest absolute Gasteiger partial charge is 0.150 e. The molecule has 3 heterocycles. The van der Waals surface area contributed by atoms with Crippen molar-refractivity contribution in [3.8, 4) is 0 Å². The van der Waals surface area contributed by atoms with Crippen molar-refractivity contribution in [1.29, 1.82) is 0 Å². The van der Waals surface area contributed by atoms with Crippen LogP contribution >= 0.6 is 11.9 Å². The Bertz CT molecular complexity index is 1210. The highest BCUT2D eigenvalue weighted by atomic mass is 32.2. The lowest BCUT2D eigenvalue weighted by atomic mass is 10.1. The topological polar surface area (TPSA) is 70.2 Å². The second kappa shape index (κ2) is 10.9. The fourth-order valence-electron chi connectivity index (χ4n) is 3.62. The van der Waals surface area contributed by atoms with Gasteiger partial charge in [-0.25, -0.2) is 0 Å². The first-order valence-electron chi connectivity index (χ1n) is 10.8. The van der Waals surface area contributed by atoms with Crippen molar-refractivity contribution in [3.63, 3.8) is 0 Å². The average Bonchev–Trinajstić information content (AvgIpc) is 2.83. The summed E-state index contributed by atoms with van der Waals surface area (Å²) in [4.78, 5) is 22.5. The molecule has 2 aromatic carbocycles. The van der Waals surface area contributed by atoms with Gasteiger partial charge in [0, 0.05) is 54.0 Å². The van der Waals surface area contributed by atoms with Crippen LogP contribution in [-0.2, 0) is 0 Å². The van der Waals surface area contributed by atoms with Crippen molar-refractivity contribution in [2.75, 3.05) is 30.2 Å². The third-order valence-electron chi connectivity index (χ3n) is 5.37. The van der Waals surface area contributed by atoms with Gasteiger partial charge in [-0.15, -0.1) is 0 Å². The second-order valence-corrected chi connectivity index (χ2v) is 8.87. The van der Waals surface area contributed by atoms with Gasteiger partial charge >= 0.3 is 0 Å². The summed E-state index contributed by atoms with van der Waals surface area (Å²) in [6.07, 6.45) is 6.28. The number of rotatable bonds is 6. The normalized spacial score (nSPS) is 13.5. The monoisotopic (exact) mass is 457 g/mol. The Balaban J connectivity index is 0.000000183. The van der Waals surface area contributed by atoms with E-state index in [-0.39, 0.29) is 0 Å². The maximum atomic E-state index is 10.8. The van der Waals surface area contributed by atoms with E-state index in [4.69, 9.17) is 0 Å². The van der Waals surface area contributed by atoms with Crippen LogP contribution in [0.4, 0.5) is 11.4 Å². The van der Waals surface area contributed by atoms with Crippen LogP contribution in [0.3, 0.4) is 0 Å². The van der Waals surface area contributed by atoms with E-state index in [9.17, 15) is 4.79 Å². The minimum Gasteiger partial charge on any atom is -0.380 e. The van der Waals surface area contributed by atoms with Crippen LogP contribution in [0.15, 0.2) is 84.1 Å². The molecule has 2 aromatic heterocycles. The van der Waals surface area contributed by atoms with Crippen molar-refractivity contribution in [1.82, 2.24) is 14.9 Å². The van der Waals surface area contributed by atoms with E-state index in [0.29, 0.717) is 11.6 Å². The number of nitrogens with one attached hydrogen (secondary N) is 2. The van der Waals surface area contributed by atoms with Crippen LogP contribution in [-0.4, -0.2) is 47.3 Å². The molecular weight excluding hydrogens is 430 g/mol. The number of aryl methyl sites for hydroxylation is 1. The number of carbonyl (C=O) groups is 1. The molecule has 0 amide bonds. The summed E-state index contributed by atoms with van der Waals surface area (Å²) in [6.45, 7) is 4.27. The molecule has 0 unspecified atom stereocenters. The molecule has 1 aliphatic heterocycles. The zero-order valence-corrected chi connectivity index (χ0v) is 19.5. The van der Waals surface area contributed by atoms with Crippen LogP contribution in [0.5, 0.6) is 0 Å². The summed E-state index contributed by atoms with van der Waals surface area (Å²) in [5.74, 6) is 0. The second-order valence-electron chi connectivity index (χ2n) is 8.03. The summed E-state index contributed by atoms with van der Waals surface area (Å²) in [5, 5.41) is 4.55. The van der Waals surface area contributed by atoms with E-state index in [2.05, 4.69) is 44.1 Å². The number of carbonyl (C=O) groups excluding carboxylic acids is 1. The summed E-state index contributed by atoms with van der Waals surface area (Å²) in [7, 11) is 2.13. The number of aromatic nitrogens is 2. The third kappa shape index (κ3) is 6.09. The zero-order chi connectivity index (χ0) is 23.0. The Kier molecular flexibility index (Phi) is 7.55. The molecule has 7 heteroatoms. The van der Waals surface area contributed by atoms with Crippen LogP contribution in [0.1, 0.15) is 15.9 Å². The minimum atomic E-state index is 0.623. The molecule has 2 N–H and O–H groups in total. The SMILES string of the molecule is CN1CC(Nc2ccncc2)C1.Cc1cc(C=O)ccc1NSc1cccc2cccnc12. The fourth-order valence-corrected chi connectivity index (χ4v) is 4.48. The number of nitrogens with zero attached hydrogens (tertiary/aromatic N) is 3. The third-order valence-corrected chi connectivity index (χ3v) is 6.24. The fraction of sp³-hybridized carbons (Fsp3) is 0.192. The van der Waals surface area contributed by atoms with Crippen molar-refractivity contribution >= 4 is 40.5 Å². The van der Waals surface area contributed by atoms with E-state index in [1.165, 1.54) is 17.6 Å². The first-order valence-corrected chi connectivity index (χ1v) is 11.6. The van der Waals surface area contributed by atoms with Crippen LogP contribution < -0.4 is 10.0 Å². The number of fused-ring (bicyclic) bond motifs is 1. The Labute approximate surface area is 198 Å². The van der Waals surface area contributed by atoms with E-state index < -0.39 is 0 Å². The van der Waals surface area contributed by atoms with Gasteiger partial charge in [-0.05, 0) is 73.9 Å². The molecule has 33 heavy (non-hydrogen) atoms. The lowest BCUT2D eigenvalue weighted by Gasteiger charge is -2.37. The lowest BCUT2D eigenvalue weighted by molar-refractivity contribution is 0.112. The number of para-hydroxylation sites is 1. The number of pyridine rings is 2. The Hall–Kier alpha value is -3.42. The van der Waals surface area contributed by atoms with Gasteiger partial charge in [0.2, 0.25) is 0 Å². The molecular formula is C26H27N5OS. The molecule has 4 aromatic rings. The molecule has 1 saturated heterocycles. The van der Waals surface area contributed by atoms with Crippen LogP contribution in [0.2, 0.25) is 0 Å². The number of anilines is 2. The summed E-state index contributed by atoms with van der Waals surface area (Å²) >= 11 is 1.53. The molecule has 0 atom stereocenters. The Morgan fingerprint density at radius 2 is 1.82 bits per heavy atom. The minimum absolute atomic E-state index is 0.623. The van der Waals surface area contributed by atoms with Gasteiger partial charge in [0.25, 0.3) is 0 Å². The summed E-state index contributed by atoms with van der Waals surface area (Å²) in [5.41, 5.74) is 4.89. The van der Waals surface area contributed by atoms with Gasteiger partial charge in [0.05, 0.1) is 16.5 Å². The van der Waals surface area contributed by atoms with Gasteiger partial charge in [0.1, 0.15) is 6.29 Å². The summed E-state index contributed by atoms with van der Waals surface area (Å²) < 4.78 is 3.33. The maximum Gasteiger partial charge on any atom is 0.150 e. The molecule has 0 spiro atoms. The molecule has 1 aliphatic rings. The Morgan fingerprint density at radius 3 is 2.55 bits per heavy atom. The molecule has 0 radical (unpaired) electrons. The number of benzene rings is 2. The molecule has 6 nitrogen and oxygen atoms in total. The van der Waals surface area contributed by atoms with Crippen LogP contribution in [0, 0.1) is 6.92 Å². The van der Waals surface area contributed by atoms with Gasteiger partial charge in [-0.1, -0.05) is 18.2 Å². The zero-order valence-electron chi connectivity index (χ0n) is 18.7. The highest BCUT2D eigenvalue weighted by Crippen LogP contribution is 2.28. The maximum absolute atomic E-state index is 10.8. The first-order chi connectivity index (χ1) is 16.1. The first kappa shape index (κ1) is 22.8. The average molecular weight is 458 g/mol. The van der Waals surface area contributed by atoms with E-state index >= 15 is 0 Å². The molecule has 0 saturated carbocycles. The number of hydrogen-bond acceptors (Lipinski definition) is 7. The molecule has 1 fully saturated rings. The van der Waals surface area contributed by atoms with Gasteiger partial charge < -0.3 is 14.9 Å². The lowest BCUT2D eigenvalue weighted by Crippen LogP contribution is -2.52. The van der Waals surface area contributed by atoms with E-state index in [0.717, 1.165) is 46.4 Å². The number of likely N-dealkylation sites (N-methyl/N-ethyl adjacent to an activating group) is 1. The van der Waals surface area contributed by atoms with Gasteiger partial charge in [0.15, 0.2) is 0 Å².